The molecule has 5 heteroatoms. The maximum absolute atomic E-state index is 10.7. The van der Waals surface area contributed by atoms with Gasteiger partial charge in [0.05, 0.1) is 40.3 Å². The van der Waals surface area contributed by atoms with Gasteiger partial charge in [-0.05, 0) is 0 Å². The Morgan fingerprint density at radius 1 is 0.933 bits per heavy atom. The molecule has 2 amide bonds. The third kappa shape index (κ3) is 9.21. The largest absolute Gasteiger partial charge is 0.351 e. The fraction of sp³-hybridized carbons (Fsp3) is 0.800. The van der Waals surface area contributed by atoms with Crippen molar-refractivity contribution in [1.82, 2.24) is 10.6 Å². The van der Waals surface area contributed by atoms with Crippen molar-refractivity contribution in [3.05, 3.63) is 0 Å². The van der Waals surface area contributed by atoms with Gasteiger partial charge in [-0.15, -0.1) is 0 Å². The molecule has 0 unspecified atom stereocenters. The Hall–Kier alpha value is -1.10. The number of carbonyl (C=O) groups excluding carboxylic acids is 2. The van der Waals surface area contributed by atoms with Gasteiger partial charge < -0.3 is 15.1 Å². The van der Waals surface area contributed by atoms with Gasteiger partial charge in [0.25, 0.3) is 0 Å². The lowest BCUT2D eigenvalue weighted by Crippen LogP contribution is -2.48. The molecular formula is C10H22N3O2+. The van der Waals surface area contributed by atoms with Crippen LogP contribution in [0.1, 0.15) is 13.8 Å². The van der Waals surface area contributed by atoms with E-state index >= 15 is 0 Å². The Kier molecular flexibility index (Phi) is 5.93. The molecule has 0 atom stereocenters. The van der Waals surface area contributed by atoms with E-state index < -0.39 is 0 Å². The molecule has 88 valence electrons. The molecule has 0 spiro atoms. The van der Waals surface area contributed by atoms with E-state index in [-0.39, 0.29) is 11.8 Å². The second-order valence-electron chi connectivity index (χ2n) is 4.35. The van der Waals surface area contributed by atoms with Crippen LogP contribution in [0.5, 0.6) is 0 Å². The van der Waals surface area contributed by atoms with Crippen molar-refractivity contribution in [2.45, 2.75) is 13.8 Å². The van der Waals surface area contributed by atoms with Crippen LogP contribution in [-0.4, -0.2) is 56.6 Å². The van der Waals surface area contributed by atoms with Crippen LogP contribution >= 0.6 is 0 Å². The van der Waals surface area contributed by atoms with Crippen molar-refractivity contribution in [1.29, 1.82) is 0 Å². The van der Waals surface area contributed by atoms with Crippen LogP contribution in [0.25, 0.3) is 0 Å². The summed E-state index contributed by atoms with van der Waals surface area (Å²) in [5, 5.41) is 5.52. The first kappa shape index (κ1) is 13.9. The van der Waals surface area contributed by atoms with Crippen molar-refractivity contribution in [3.8, 4) is 0 Å². The van der Waals surface area contributed by atoms with Crippen LogP contribution in [0.4, 0.5) is 0 Å². The summed E-state index contributed by atoms with van der Waals surface area (Å²) in [5.41, 5.74) is 0. The Morgan fingerprint density at radius 3 is 1.53 bits per heavy atom. The average Bonchev–Trinajstić information content (AvgIpc) is 2.01. The summed E-state index contributed by atoms with van der Waals surface area (Å²) in [4.78, 5) is 21.3. The van der Waals surface area contributed by atoms with E-state index in [0.29, 0.717) is 13.1 Å². The molecule has 5 nitrogen and oxygen atoms in total. The lowest BCUT2D eigenvalue weighted by atomic mass is 10.4. The van der Waals surface area contributed by atoms with Gasteiger partial charge in [0.1, 0.15) is 0 Å². The van der Waals surface area contributed by atoms with Gasteiger partial charge in [-0.3, -0.25) is 9.59 Å². The molecule has 0 aromatic carbocycles. The van der Waals surface area contributed by atoms with Gasteiger partial charge >= 0.3 is 0 Å². The fourth-order valence-corrected chi connectivity index (χ4v) is 1.18. The van der Waals surface area contributed by atoms with Gasteiger partial charge in [-0.1, -0.05) is 0 Å². The Labute approximate surface area is 91.4 Å². The third-order valence-corrected chi connectivity index (χ3v) is 2.18. The lowest BCUT2D eigenvalue weighted by Gasteiger charge is -2.29. The van der Waals surface area contributed by atoms with Gasteiger partial charge in [0.2, 0.25) is 11.8 Å². The summed E-state index contributed by atoms with van der Waals surface area (Å²) in [7, 11) is 4.15. The molecule has 15 heavy (non-hydrogen) atoms. The molecular weight excluding hydrogens is 194 g/mol. The Balaban J connectivity index is 3.66. The van der Waals surface area contributed by atoms with E-state index in [1.165, 1.54) is 13.8 Å². The van der Waals surface area contributed by atoms with Crippen molar-refractivity contribution < 1.29 is 14.1 Å². The molecule has 2 N–H and O–H groups in total. The molecule has 0 bridgehead atoms. The van der Waals surface area contributed by atoms with E-state index in [0.717, 1.165) is 17.6 Å². The molecule has 0 aliphatic heterocycles. The number of quaternary nitrogens is 1. The Morgan fingerprint density at radius 2 is 1.27 bits per heavy atom. The van der Waals surface area contributed by atoms with Gasteiger partial charge in [0.15, 0.2) is 0 Å². The first-order valence-electron chi connectivity index (χ1n) is 5.14. The van der Waals surface area contributed by atoms with Crippen molar-refractivity contribution in [3.63, 3.8) is 0 Å². The van der Waals surface area contributed by atoms with Crippen molar-refractivity contribution >= 4 is 11.8 Å². The molecule has 0 aromatic rings. The predicted molar refractivity (Wildman–Crippen MR) is 59.2 cm³/mol. The highest BCUT2D eigenvalue weighted by molar-refractivity contribution is 5.73. The van der Waals surface area contributed by atoms with Crippen LogP contribution in [0.3, 0.4) is 0 Å². The minimum absolute atomic E-state index is 0.00291. The zero-order valence-corrected chi connectivity index (χ0v) is 10.1. The SMILES string of the molecule is CC(=O)NCC[N+](C)(C)CCNC(C)=O. The number of hydrogen-bond acceptors (Lipinski definition) is 2. The van der Waals surface area contributed by atoms with Gasteiger partial charge in [-0.2, -0.15) is 0 Å². The van der Waals surface area contributed by atoms with Crippen LogP contribution < -0.4 is 10.6 Å². The third-order valence-electron chi connectivity index (χ3n) is 2.18. The van der Waals surface area contributed by atoms with Crippen LogP contribution in [0, 0.1) is 0 Å². The standard InChI is InChI=1S/C10H21N3O2/c1-9(14)11-5-7-13(3,4)8-6-12-10(2)15/h5-8H2,1-4H3,(H-,11,12,14,15)/p+1. The molecule has 0 saturated heterocycles. The first-order valence-corrected chi connectivity index (χ1v) is 5.14. The summed E-state index contributed by atoms with van der Waals surface area (Å²) in [6.07, 6.45) is 0. The van der Waals surface area contributed by atoms with Crippen LogP contribution in [0.15, 0.2) is 0 Å². The normalized spacial score (nSPS) is 10.9. The van der Waals surface area contributed by atoms with Crippen molar-refractivity contribution in [2.24, 2.45) is 0 Å². The highest BCUT2D eigenvalue weighted by Crippen LogP contribution is 1.93. The monoisotopic (exact) mass is 216 g/mol. The van der Waals surface area contributed by atoms with Crippen LogP contribution in [-0.2, 0) is 9.59 Å². The predicted octanol–water partition coefficient (Wildman–Crippen LogP) is -0.665. The lowest BCUT2D eigenvalue weighted by molar-refractivity contribution is -0.887. The second-order valence-corrected chi connectivity index (χ2v) is 4.35. The van der Waals surface area contributed by atoms with E-state index in [2.05, 4.69) is 24.7 Å². The van der Waals surface area contributed by atoms with Gasteiger partial charge in [0, 0.05) is 13.8 Å². The number of likely N-dealkylation sites (N-methyl/N-ethyl adjacent to an activating group) is 1. The minimum Gasteiger partial charge on any atom is -0.351 e. The average molecular weight is 216 g/mol. The second kappa shape index (κ2) is 6.40. The minimum atomic E-state index is -0.00291. The summed E-state index contributed by atoms with van der Waals surface area (Å²) < 4.78 is 0.778. The molecule has 0 heterocycles. The van der Waals surface area contributed by atoms with E-state index in [1.807, 2.05) is 0 Å². The maximum Gasteiger partial charge on any atom is 0.217 e. The Bertz CT molecular complexity index is 205. The number of amides is 2. The molecule has 0 aliphatic rings. The number of nitrogens with one attached hydrogen (secondary N) is 2. The fourth-order valence-electron chi connectivity index (χ4n) is 1.18. The molecule has 0 rings (SSSR count). The summed E-state index contributed by atoms with van der Waals surface area (Å²) in [6.45, 7) is 6.08. The molecule has 0 aromatic heterocycles. The number of nitrogens with zero attached hydrogens (tertiary/aromatic N) is 1. The quantitative estimate of drug-likeness (QED) is 0.579. The summed E-state index contributed by atoms with van der Waals surface area (Å²) in [6, 6.07) is 0. The number of carbonyl (C=O) groups is 2. The highest BCUT2D eigenvalue weighted by Gasteiger charge is 2.14. The van der Waals surface area contributed by atoms with E-state index in [1.54, 1.807) is 0 Å². The zero-order chi connectivity index (χ0) is 11.9. The number of rotatable bonds is 6. The number of hydrogen-bond donors (Lipinski definition) is 2. The van der Waals surface area contributed by atoms with E-state index in [4.69, 9.17) is 0 Å². The van der Waals surface area contributed by atoms with E-state index in [9.17, 15) is 9.59 Å². The molecule has 0 fully saturated rings. The molecule has 0 aliphatic carbocycles. The smallest absolute Gasteiger partial charge is 0.217 e. The van der Waals surface area contributed by atoms with Crippen LogP contribution in [0.2, 0.25) is 0 Å². The highest BCUT2D eigenvalue weighted by atomic mass is 16.2. The molecule has 0 radical (unpaired) electrons. The van der Waals surface area contributed by atoms with Crippen molar-refractivity contribution in [2.75, 3.05) is 40.3 Å². The molecule has 0 saturated carbocycles. The topological polar surface area (TPSA) is 58.2 Å². The zero-order valence-electron chi connectivity index (χ0n) is 10.1. The maximum atomic E-state index is 10.7. The first-order chi connectivity index (χ1) is 6.83. The van der Waals surface area contributed by atoms with Gasteiger partial charge in [-0.25, -0.2) is 0 Å². The summed E-state index contributed by atoms with van der Waals surface area (Å²) >= 11 is 0. The summed E-state index contributed by atoms with van der Waals surface area (Å²) in [5.74, 6) is -0.00581.